The molecular formula is C22H22N4O4. The van der Waals surface area contributed by atoms with Crippen molar-refractivity contribution in [2.75, 3.05) is 37.9 Å². The number of ether oxygens (including phenoxy) is 2. The molecule has 1 aromatic carbocycles. The average Bonchev–Trinajstić information content (AvgIpc) is 3.26. The standard InChI is InChI=1S/C22H22N4O4/c1-2-24-13-16(21(27)15-11-18-19(12-17(15)24)30-14-29-18)22(28)26-9-7-25(8-10-26)20-5-3-4-6-23-20/h3-6,11-13H,2,7-10,14H2,1H3. The van der Waals surface area contributed by atoms with Crippen LogP contribution >= 0.6 is 0 Å². The van der Waals surface area contributed by atoms with E-state index in [-0.39, 0.29) is 23.7 Å². The molecule has 1 saturated heterocycles. The summed E-state index contributed by atoms with van der Waals surface area (Å²) in [6, 6.07) is 9.29. The van der Waals surface area contributed by atoms with Crippen molar-refractivity contribution in [1.29, 1.82) is 0 Å². The van der Waals surface area contributed by atoms with Crippen molar-refractivity contribution in [3.8, 4) is 11.5 Å². The van der Waals surface area contributed by atoms with Gasteiger partial charge in [0.15, 0.2) is 11.5 Å². The third-order valence-corrected chi connectivity index (χ3v) is 5.69. The van der Waals surface area contributed by atoms with Gasteiger partial charge in [0, 0.05) is 51.2 Å². The molecule has 0 saturated carbocycles. The van der Waals surface area contributed by atoms with Gasteiger partial charge in [0.05, 0.1) is 10.9 Å². The fourth-order valence-electron chi connectivity index (χ4n) is 4.04. The second-order valence-corrected chi connectivity index (χ2v) is 7.35. The molecule has 0 unspecified atom stereocenters. The summed E-state index contributed by atoms with van der Waals surface area (Å²) in [7, 11) is 0. The number of piperazine rings is 1. The van der Waals surface area contributed by atoms with Crippen molar-refractivity contribution in [3.63, 3.8) is 0 Å². The second kappa shape index (κ2) is 7.37. The Labute approximate surface area is 173 Å². The molecule has 8 heteroatoms. The third kappa shape index (κ3) is 3.04. The molecule has 154 valence electrons. The number of nitrogens with zero attached hydrogens (tertiary/aromatic N) is 4. The first kappa shape index (κ1) is 18.5. The van der Waals surface area contributed by atoms with Crippen LogP contribution in [0, 0.1) is 0 Å². The van der Waals surface area contributed by atoms with Crippen LogP contribution in [-0.2, 0) is 6.54 Å². The number of rotatable bonds is 3. The van der Waals surface area contributed by atoms with Crippen molar-refractivity contribution < 1.29 is 14.3 Å². The number of anilines is 1. The van der Waals surface area contributed by atoms with Gasteiger partial charge in [0.1, 0.15) is 11.4 Å². The largest absolute Gasteiger partial charge is 0.454 e. The first-order chi connectivity index (χ1) is 14.7. The second-order valence-electron chi connectivity index (χ2n) is 7.35. The van der Waals surface area contributed by atoms with Crippen molar-refractivity contribution in [3.05, 3.63) is 58.5 Å². The van der Waals surface area contributed by atoms with E-state index in [0.29, 0.717) is 49.6 Å². The van der Waals surface area contributed by atoms with Gasteiger partial charge in [-0.1, -0.05) is 6.07 Å². The lowest BCUT2D eigenvalue weighted by Crippen LogP contribution is -2.49. The van der Waals surface area contributed by atoms with Gasteiger partial charge < -0.3 is 23.8 Å². The minimum atomic E-state index is -0.273. The Morgan fingerprint density at radius 3 is 2.57 bits per heavy atom. The summed E-state index contributed by atoms with van der Waals surface area (Å²) in [5, 5.41) is 0.471. The Bertz CT molecular complexity index is 1170. The number of carbonyl (C=O) groups excluding carboxylic acids is 1. The summed E-state index contributed by atoms with van der Waals surface area (Å²) in [6.45, 7) is 5.19. The lowest BCUT2D eigenvalue weighted by Gasteiger charge is -2.35. The lowest BCUT2D eigenvalue weighted by atomic mass is 10.1. The van der Waals surface area contributed by atoms with Gasteiger partial charge in [-0.15, -0.1) is 0 Å². The summed E-state index contributed by atoms with van der Waals surface area (Å²) in [6.07, 6.45) is 3.43. The van der Waals surface area contributed by atoms with Gasteiger partial charge in [-0.25, -0.2) is 4.98 Å². The third-order valence-electron chi connectivity index (χ3n) is 5.69. The zero-order valence-electron chi connectivity index (χ0n) is 16.7. The number of benzene rings is 1. The van der Waals surface area contributed by atoms with E-state index >= 15 is 0 Å². The van der Waals surface area contributed by atoms with Gasteiger partial charge >= 0.3 is 0 Å². The van der Waals surface area contributed by atoms with Crippen molar-refractivity contribution in [2.45, 2.75) is 13.5 Å². The maximum atomic E-state index is 13.2. The average molecular weight is 406 g/mol. The maximum absolute atomic E-state index is 13.2. The minimum absolute atomic E-state index is 0.137. The molecule has 4 heterocycles. The summed E-state index contributed by atoms with van der Waals surface area (Å²) >= 11 is 0. The molecule has 3 aromatic rings. The summed E-state index contributed by atoms with van der Waals surface area (Å²) < 4.78 is 12.8. The molecule has 1 fully saturated rings. The number of hydrogen-bond donors (Lipinski definition) is 0. The van der Waals surface area contributed by atoms with E-state index in [9.17, 15) is 9.59 Å². The quantitative estimate of drug-likeness (QED) is 0.663. The molecule has 2 aliphatic rings. The fourth-order valence-corrected chi connectivity index (χ4v) is 4.04. The molecule has 0 N–H and O–H groups in total. The Morgan fingerprint density at radius 1 is 1.10 bits per heavy atom. The first-order valence-electron chi connectivity index (χ1n) is 10.1. The number of amides is 1. The van der Waals surface area contributed by atoms with E-state index in [2.05, 4.69) is 9.88 Å². The van der Waals surface area contributed by atoms with Crippen molar-refractivity contribution in [2.24, 2.45) is 0 Å². The van der Waals surface area contributed by atoms with Gasteiger partial charge in [0.25, 0.3) is 5.91 Å². The molecule has 1 amide bonds. The van der Waals surface area contributed by atoms with E-state index in [1.54, 1.807) is 23.4 Å². The highest BCUT2D eigenvalue weighted by molar-refractivity contribution is 5.98. The topological polar surface area (TPSA) is 76.9 Å². The number of carbonyl (C=O) groups is 1. The van der Waals surface area contributed by atoms with Gasteiger partial charge in [-0.05, 0) is 25.1 Å². The van der Waals surface area contributed by atoms with Gasteiger partial charge in [-0.3, -0.25) is 9.59 Å². The maximum Gasteiger partial charge on any atom is 0.259 e. The highest BCUT2D eigenvalue weighted by Crippen LogP contribution is 2.35. The Balaban J connectivity index is 1.45. The number of hydrogen-bond acceptors (Lipinski definition) is 6. The Kier molecular flexibility index (Phi) is 4.54. The zero-order chi connectivity index (χ0) is 20.7. The van der Waals surface area contributed by atoms with Crippen molar-refractivity contribution >= 4 is 22.6 Å². The van der Waals surface area contributed by atoms with Gasteiger partial charge in [-0.2, -0.15) is 0 Å². The molecule has 30 heavy (non-hydrogen) atoms. The predicted molar refractivity (Wildman–Crippen MR) is 112 cm³/mol. The summed E-state index contributed by atoms with van der Waals surface area (Å²) in [5.74, 6) is 1.83. The van der Waals surface area contributed by atoms with E-state index in [0.717, 1.165) is 11.3 Å². The zero-order valence-corrected chi connectivity index (χ0v) is 16.7. The molecule has 8 nitrogen and oxygen atoms in total. The highest BCUT2D eigenvalue weighted by atomic mass is 16.7. The van der Waals surface area contributed by atoms with Crippen LogP contribution < -0.4 is 19.8 Å². The molecule has 0 spiro atoms. The monoisotopic (exact) mass is 406 g/mol. The summed E-state index contributed by atoms with van der Waals surface area (Å²) in [4.78, 5) is 34.7. The molecule has 0 radical (unpaired) electrons. The number of pyridine rings is 2. The smallest absolute Gasteiger partial charge is 0.259 e. The molecule has 5 rings (SSSR count). The predicted octanol–water partition coefficient (Wildman–Crippen LogP) is 2.11. The van der Waals surface area contributed by atoms with E-state index < -0.39 is 0 Å². The van der Waals surface area contributed by atoms with Crippen LogP contribution in [0.5, 0.6) is 11.5 Å². The van der Waals surface area contributed by atoms with Gasteiger partial charge in [0.2, 0.25) is 12.2 Å². The van der Waals surface area contributed by atoms with E-state index in [1.807, 2.05) is 35.8 Å². The SMILES string of the molecule is CCn1cc(C(=O)N2CCN(c3ccccn3)CC2)c(=O)c2cc3c(cc21)OCO3. The van der Waals surface area contributed by atoms with E-state index in [4.69, 9.17) is 9.47 Å². The molecule has 2 aromatic heterocycles. The van der Waals surface area contributed by atoms with E-state index in [1.165, 1.54) is 0 Å². The molecule has 0 bridgehead atoms. The highest BCUT2D eigenvalue weighted by Gasteiger charge is 2.26. The molecular weight excluding hydrogens is 384 g/mol. The summed E-state index contributed by atoms with van der Waals surface area (Å²) in [5.41, 5.74) is 0.655. The van der Waals surface area contributed by atoms with Crippen LogP contribution in [0.2, 0.25) is 0 Å². The fraction of sp³-hybridized carbons (Fsp3) is 0.318. The molecule has 2 aliphatic heterocycles. The number of fused-ring (bicyclic) bond motifs is 2. The van der Waals surface area contributed by atoms with Crippen LogP contribution in [0.15, 0.2) is 47.5 Å². The number of aryl methyl sites for hydroxylation is 1. The van der Waals surface area contributed by atoms with Crippen LogP contribution in [0.1, 0.15) is 17.3 Å². The number of aromatic nitrogens is 2. The van der Waals surface area contributed by atoms with Crippen molar-refractivity contribution in [1.82, 2.24) is 14.5 Å². The minimum Gasteiger partial charge on any atom is -0.454 e. The molecule has 0 atom stereocenters. The lowest BCUT2D eigenvalue weighted by molar-refractivity contribution is 0.0744. The molecule has 0 aliphatic carbocycles. The van der Waals surface area contributed by atoms with Crippen LogP contribution in [-0.4, -0.2) is 53.3 Å². The van der Waals surface area contributed by atoms with Crippen LogP contribution in [0.4, 0.5) is 5.82 Å². The van der Waals surface area contributed by atoms with Crippen LogP contribution in [0.3, 0.4) is 0 Å². The normalized spacial score (nSPS) is 15.6. The Hall–Kier alpha value is -3.55. The first-order valence-corrected chi connectivity index (χ1v) is 10.1. The van der Waals surface area contributed by atoms with Crippen LogP contribution in [0.25, 0.3) is 10.9 Å². The Morgan fingerprint density at radius 2 is 1.87 bits per heavy atom.